The summed E-state index contributed by atoms with van der Waals surface area (Å²) in [5.41, 5.74) is 2.02. The number of carbonyl (C=O) groups is 1. The number of benzene rings is 1. The monoisotopic (exact) mass is 343 g/mol. The lowest BCUT2D eigenvalue weighted by Gasteiger charge is -2.21. The first kappa shape index (κ1) is 19.4. The van der Waals surface area contributed by atoms with Crippen LogP contribution in [-0.4, -0.2) is 30.0 Å². The van der Waals surface area contributed by atoms with Crippen LogP contribution in [0.15, 0.2) is 40.9 Å². The van der Waals surface area contributed by atoms with Gasteiger partial charge in [0.25, 0.3) is 0 Å². The van der Waals surface area contributed by atoms with E-state index in [1.54, 1.807) is 6.07 Å². The van der Waals surface area contributed by atoms with E-state index in [1.807, 2.05) is 38.3 Å². The van der Waals surface area contributed by atoms with Crippen LogP contribution in [0, 0.1) is 5.92 Å². The minimum atomic E-state index is -0.590. The molecular formula is C21H29NO3. The molecule has 0 radical (unpaired) electrons. The minimum Gasteiger partial charge on any atom is -0.465 e. The summed E-state index contributed by atoms with van der Waals surface area (Å²) in [6, 6.07) is 7.27. The van der Waals surface area contributed by atoms with Crippen LogP contribution in [0.4, 0.5) is 5.69 Å². The quantitative estimate of drug-likeness (QED) is 0.438. The smallest absolute Gasteiger partial charge is 0.340 e. The van der Waals surface area contributed by atoms with Crippen LogP contribution in [-0.2, 0) is 4.74 Å². The molecule has 136 valence electrons. The Morgan fingerprint density at radius 3 is 2.88 bits per heavy atom. The first-order valence-electron chi connectivity index (χ1n) is 9.01. The van der Waals surface area contributed by atoms with E-state index >= 15 is 0 Å². The van der Waals surface area contributed by atoms with Gasteiger partial charge in [-0.25, -0.2) is 4.79 Å². The molecule has 0 aliphatic heterocycles. The number of para-hydroxylation sites is 1. The van der Waals surface area contributed by atoms with Crippen molar-refractivity contribution in [3.8, 4) is 0 Å². The van der Waals surface area contributed by atoms with Crippen LogP contribution in [0.3, 0.4) is 0 Å². The minimum absolute atomic E-state index is 0.358. The van der Waals surface area contributed by atoms with Crippen molar-refractivity contribution in [3.05, 3.63) is 41.5 Å². The lowest BCUT2D eigenvalue weighted by Crippen LogP contribution is -2.18. The summed E-state index contributed by atoms with van der Waals surface area (Å²) >= 11 is 0. The van der Waals surface area contributed by atoms with Gasteiger partial charge < -0.3 is 9.84 Å². The maximum absolute atomic E-state index is 11.8. The molecule has 0 amide bonds. The van der Waals surface area contributed by atoms with Gasteiger partial charge in [-0.05, 0) is 70.4 Å². The van der Waals surface area contributed by atoms with E-state index in [0.29, 0.717) is 17.2 Å². The summed E-state index contributed by atoms with van der Waals surface area (Å²) in [5, 5.41) is 9.82. The van der Waals surface area contributed by atoms with Crippen molar-refractivity contribution in [2.45, 2.75) is 58.0 Å². The van der Waals surface area contributed by atoms with Gasteiger partial charge in [-0.1, -0.05) is 23.8 Å². The predicted molar refractivity (Wildman–Crippen MR) is 102 cm³/mol. The van der Waals surface area contributed by atoms with Crippen molar-refractivity contribution in [2.75, 3.05) is 7.11 Å². The molecule has 0 spiro atoms. The first-order chi connectivity index (χ1) is 11.9. The summed E-state index contributed by atoms with van der Waals surface area (Å²) < 4.78 is 4.82. The van der Waals surface area contributed by atoms with Gasteiger partial charge in [0.1, 0.15) is 0 Å². The molecule has 4 heteroatoms. The predicted octanol–water partition coefficient (Wildman–Crippen LogP) is 4.84. The number of allylic oxidation sites excluding steroid dienone is 2. The Kier molecular flexibility index (Phi) is 6.94. The highest BCUT2D eigenvalue weighted by Gasteiger charge is 2.17. The highest BCUT2D eigenvalue weighted by molar-refractivity contribution is 5.95. The Bertz CT molecular complexity index is 641. The van der Waals surface area contributed by atoms with Crippen LogP contribution < -0.4 is 0 Å². The Labute approximate surface area is 150 Å². The molecule has 2 rings (SSSR count). The Morgan fingerprint density at radius 2 is 2.16 bits per heavy atom. The summed E-state index contributed by atoms with van der Waals surface area (Å²) in [4.78, 5) is 16.4. The molecule has 0 saturated heterocycles. The highest BCUT2D eigenvalue weighted by Crippen LogP contribution is 2.28. The molecule has 4 nitrogen and oxygen atoms in total. The van der Waals surface area contributed by atoms with Crippen LogP contribution in [0.2, 0.25) is 0 Å². The zero-order chi connectivity index (χ0) is 18.3. The van der Waals surface area contributed by atoms with Gasteiger partial charge in [0, 0.05) is 6.21 Å². The number of esters is 1. The highest BCUT2D eigenvalue weighted by atomic mass is 16.5. The fraction of sp³-hybridized carbons (Fsp3) is 0.524. The molecule has 1 atom stereocenters. The number of nitrogens with zero attached hydrogens (tertiary/aromatic N) is 1. The van der Waals surface area contributed by atoms with Gasteiger partial charge in [-0.15, -0.1) is 0 Å². The third-order valence-corrected chi connectivity index (χ3v) is 4.52. The first-order valence-corrected chi connectivity index (χ1v) is 9.01. The summed E-state index contributed by atoms with van der Waals surface area (Å²) in [5.74, 6) is 0.0384. The molecule has 1 N–H and O–H groups in total. The van der Waals surface area contributed by atoms with Crippen LogP contribution in [0.5, 0.6) is 0 Å². The van der Waals surface area contributed by atoms with E-state index in [4.69, 9.17) is 4.74 Å². The molecule has 0 fully saturated rings. The lowest BCUT2D eigenvalue weighted by molar-refractivity contribution is 0.0601. The summed E-state index contributed by atoms with van der Waals surface area (Å²) in [6.45, 7) is 3.72. The molecule has 0 bridgehead atoms. The standard InChI is InChI=1S/C21H29NO3/c1-21(2,24)13-7-10-16-8-6-9-17(14-16)15-22-19-12-5-4-11-18(19)20(23)25-3/h4-5,8,11-12,15,17,24H,6-7,9-10,13-14H2,1-3H3. The number of aliphatic hydroxyl groups is 1. The average Bonchev–Trinajstić information content (AvgIpc) is 2.59. The SMILES string of the molecule is COC(=O)c1ccccc1N=CC1CCC=C(CCCC(C)(C)O)C1. The van der Waals surface area contributed by atoms with Crippen molar-refractivity contribution in [1.82, 2.24) is 0 Å². The van der Waals surface area contributed by atoms with E-state index in [9.17, 15) is 9.90 Å². The van der Waals surface area contributed by atoms with Gasteiger partial charge in [0.2, 0.25) is 0 Å². The van der Waals surface area contributed by atoms with Gasteiger partial charge in [-0.2, -0.15) is 0 Å². The van der Waals surface area contributed by atoms with E-state index in [0.717, 1.165) is 38.5 Å². The number of hydrogen-bond acceptors (Lipinski definition) is 4. The molecule has 25 heavy (non-hydrogen) atoms. The van der Waals surface area contributed by atoms with Gasteiger partial charge in [0.15, 0.2) is 0 Å². The van der Waals surface area contributed by atoms with Crippen molar-refractivity contribution < 1.29 is 14.6 Å². The number of rotatable bonds is 7. The summed E-state index contributed by atoms with van der Waals surface area (Å²) in [6.07, 6.45) is 10.3. The number of methoxy groups -OCH3 is 1. The van der Waals surface area contributed by atoms with E-state index in [1.165, 1.54) is 12.7 Å². The van der Waals surface area contributed by atoms with Crippen LogP contribution in [0.25, 0.3) is 0 Å². The molecule has 0 aromatic heterocycles. The molecule has 1 aliphatic rings. The van der Waals surface area contributed by atoms with E-state index in [2.05, 4.69) is 11.1 Å². The third kappa shape index (κ3) is 6.46. The second-order valence-corrected chi connectivity index (χ2v) is 7.36. The zero-order valence-electron chi connectivity index (χ0n) is 15.5. The maximum Gasteiger partial charge on any atom is 0.340 e. The fourth-order valence-electron chi connectivity index (χ4n) is 3.16. The van der Waals surface area contributed by atoms with Gasteiger partial charge in [0.05, 0.1) is 24.0 Å². The molecular weight excluding hydrogens is 314 g/mol. The van der Waals surface area contributed by atoms with Crippen molar-refractivity contribution in [3.63, 3.8) is 0 Å². The zero-order valence-corrected chi connectivity index (χ0v) is 15.5. The van der Waals surface area contributed by atoms with Gasteiger partial charge >= 0.3 is 5.97 Å². The van der Waals surface area contributed by atoms with Crippen molar-refractivity contribution >= 4 is 17.9 Å². The second kappa shape index (κ2) is 8.95. The topological polar surface area (TPSA) is 58.9 Å². The fourth-order valence-corrected chi connectivity index (χ4v) is 3.16. The third-order valence-electron chi connectivity index (χ3n) is 4.52. The molecule has 1 unspecified atom stereocenters. The van der Waals surface area contributed by atoms with Crippen LogP contribution in [0.1, 0.15) is 62.7 Å². The second-order valence-electron chi connectivity index (χ2n) is 7.36. The largest absolute Gasteiger partial charge is 0.465 e. The molecule has 1 aliphatic carbocycles. The maximum atomic E-state index is 11.8. The summed E-state index contributed by atoms with van der Waals surface area (Å²) in [7, 11) is 1.38. The molecule has 0 saturated carbocycles. The van der Waals surface area contributed by atoms with E-state index < -0.39 is 5.60 Å². The van der Waals surface area contributed by atoms with Crippen LogP contribution >= 0.6 is 0 Å². The molecule has 0 heterocycles. The van der Waals surface area contributed by atoms with Crippen molar-refractivity contribution in [2.24, 2.45) is 10.9 Å². The number of ether oxygens (including phenoxy) is 1. The Hall–Kier alpha value is -1.94. The Balaban J connectivity index is 1.94. The lowest BCUT2D eigenvalue weighted by atomic mass is 9.86. The van der Waals surface area contributed by atoms with Gasteiger partial charge in [-0.3, -0.25) is 4.99 Å². The number of aliphatic imine (C=N–C) groups is 1. The van der Waals surface area contributed by atoms with Crippen molar-refractivity contribution in [1.29, 1.82) is 0 Å². The molecule has 1 aromatic carbocycles. The Morgan fingerprint density at radius 1 is 1.40 bits per heavy atom. The average molecular weight is 343 g/mol. The van der Waals surface area contributed by atoms with E-state index in [-0.39, 0.29) is 5.97 Å². The number of carbonyl (C=O) groups excluding carboxylic acids is 1. The number of hydrogen-bond donors (Lipinski definition) is 1. The normalized spacial score (nSPS) is 18.2. The molecule has 1 aromatic rings.